The fourth-order valence-corrected chi connectivity index (χ4v) is 1.83. The number of benzene rings is 1. The average molecular weight is 358 g/mol. The summed E-state index contributed by atoms with van der Waals surface area (Å²) in [6, 6.07) is 7.47. The molecule has 1 aromatic rings. The molecule has 5 nitrogen and oxygen atoms in total. The monoisotopic (exact) mass is 357 g/mol. The van der Waals surface area contributed by atoms with Crippen molar-refractivity contribution >= 4 is 27.8 Å². The van der Waals surface area contributed by atoms with Crippen molar-refractivity contribution in [3.63, 3.8) is 0 Å². The molecule has 0 heterocycles. The maximum atomic E-state index is 11.6. The highest BCUT2D eigenvalue weighted by atomic mass is 79.9. The molecule has 6 heteroatoms. The minimum Gasteiger partial charge on any atom is -0.494 e. The Hall–Kier alpha value is -1.56. The summed E-state index contributed by atoms with van der Waals surface area (Å²) < 4.78 is 11.5. The second-order valence-corrected chi connectivity index (χ2v) is 5.35. The van der Waals surface area contributed by atoms with Crippen LogP contribution in [0.5, 0.6) is 5.75 Å². The molecule has 0 aliphatic rings. The van der Waals surface area contributed by atoms with Gasteiger partial charge in [-0.1, -0.05) is 15.9 Å². The lowest BCUT2D eigenvalue weighted by Gasteiger charge is -2.12. The smallest absolute Gasteiger partial charge is 0.306 e. The molecule has 0 aliphatic heterocycles. The van der Waals surface area contributed by atoms with E-state index in [1.807, 2.05) is 31.2 Å². The van der Waals surface area contributed by atoms with Gasteiger partial charge in [0.15, 0.2) is 6.10 Å². The molecule has 116 valence electrons. The van der Waals surface area contributed by atoms with Crippen molar-refractivity contribution in [3.8, 4) is 5.75 Å². The van der Waals surface area contributed by atoms with Gasteiger partial charge in [0.1, 0.15) is 5.75 Å². The Bertz CT molecular complexity index is 461. The quantitative estimate of drug-likeness (QED) is 0.573. The van der Waals surface area contributed by atoms with Crippen molar-refractivity contribution in [2.45, 2.75) is 32.8 Å². The van der Waals surface area contributed by atoms with Gasteiger partial charge in [0.2, 0.25) is 0 Å². The highest BCUT2D eigenvalue weighted by Gasteiger charge is 2.16. The minimum atomic E-state index is -0.759. The van der Waals surface area contributed by atoms with Gasteiger partial charge in [-0.15, -0.1) is 0 Å². The second-order valence-electron chi connectivity index (χ2n) is 4.43. The fraction of sp³-hybridized carbons (Fsp3) is 0.467. The van der Waals surface area contributed by atoms with Gasteiger partial charge < -0.3 is 14.8 Å². The van der Waals surface area contributed by atoms with Crippen LogP contribution in [0.4, 0.5) is 0 Å². The molecule has 0 saturated heterocycles. The zero-order chi connectivity index (χ0) is 15.7. The van der Waals surface area contributed by atoms with Crippen LogP contribution < -0.4 is 10.1 Å². The number of carbonyl (C=O) groups excluding carboxylic acids is 2. The predicted molar refractivity (Wildman–Crippen MR) is 83.1 cm³/mol. The number of nitrogens with one attached hydrogen (secondary N) is 1. The normalized spacial score (nSPS) is 11.6. The van der Waals surface area contributed by atoms with Crippen LogP contribution in [0, 0.1) is 0 Å². The molecule has 0 bridgehead atoms. The Morgan fingerprint density at radius 2 is 1.95 bits per heavy atom. The molecule has 0 unspecified atom stereocenters. The third kappa shape index (κ3) is 7.13. The number of rotatable bonds is 8. The maximum absolute atomic E-state index is 11.6. The zero-order valence-electron chi connectivity index (χ0n) is 12.2. The van der Waals surface area contributed by atoms with E-state index in [4.69, 9.17) is 9.47 Å². The molecule has 1 aromatic carbocycles. The molecular formula is C15H20BrNO4. The van der Waals surface area contributed by atoms with Crippen LogP contribution in [0.15, 0.2) is 28.7 Å². The zero-order valence-corrected chi connectivity index (χ0v) is 13.8. The molecule has 21 heavy (non-hydrogen) atoms. The Balaban J connectivity index is 2.18. The van der Waals surface area contributed by atoms with Crippen molar-refractivity contribution in [2.24, 2.45) is 0 Å². The van der Waals surface area contributed by atoms with E-state index in [2.05, 4.69) is 21.2 Å². The summed E-state index contributed by atoms with van der Waals surface area (Å²) >= 11 is 3.34. The number of esters is 1. The van der Waals surface area contributed by atoms with Gasteiger partial charge in [-0.3, -0.25) is 9.59 Å². The van der Waals surface area contributed by atoms with Crippen molar-refractivity contribution < 1.29 is 19.1 Å². The third-order valence-electron chi connectivity index (χ3n) is 2.64. The number of hydrogen-bond acceptors (Lipinski definition) is 4. The van der Waals surface area contributed by atoms with Gasteiger partial charge in [0, 0.05) is 17.4 Å². The minimum absolute atomic E-state index is 0.222. The molecular weight excluding hydrogens is 338 g/mol. The molecule has 1 atom stereocenters. The summed E-state index contributed by atoms with van der Waals surface area (Å²) in [5, 5.41) is 2.60. The van der Waals surface area contributed by atoms with E-state index < -0.39 is 12.1 Å². The largest absolute Gasteiger partial charge is 0.494 e. The molecule has 0 spiro atoms. The summed E-state index contributed by atoms with van der Waals surface area (Å²) in [5.74, 6) is 0.0763. The van der Waals surface area contributed by atoms with Crippen LogP contribution in [0.3, 0.4) is 0 Å². The van der Waals surface area contributed by atoms with Crippen molar-refractivity contribution in [1.29, 1.82) is 0 Å². The molecule has 1 rings (SSSR count). The Labute approximate surface area is 133 Å². The average Bonchev–Trinajstić information content (AvgIpc) is 2.45. The highest BCUT2D eigenvalue weighted by Crippen LogP contribution is 2.16. The molecule has 1 N–H and O–H groups in total. The van der Waals surface area contributed by atoms with E-state index in [0.717, 1.165) is 10.2 Å². The number of hydrogen-bond donors (Lipinski definition) is 1. The molecule has 0 aromatic heterocycles. The summed E-state index contributed by atoms with van der Waals surface area (Å²) in [5.41, 5.74) is 0. The van der Waals surface area contributed by atoms with Crippen molar-refractivity contribution in [2.75, 3.05) is 13.2 Å². The summed E-state index contributed by atoms with van der Waals surface area (Å²) in [6.07, 6.45) is 0.00179. The molecule has 0 fully saturated rings. The van der Waals surface area contributed by atoms with Gasteiger partial charge >= 0.3 is 5.97 Å². The third-order valence-corrected chi connectivity index (χ3v) is 3.16. The fourth-order valence-electron chi connectivity index (χ4n) is 1.56. The van der Waals surface area contributed by atoms with Crippen LogP contribution in [-0.4, -0.2) is 31.1 Å². The van der Waals surface area contributed by atoms with E-state index >= 15 is 0 Å². The van der Waals surface area contributed by atoms with Gasteiger partial charge in [-0.2, -0.15) is 0 Å². The lowest BCUT2D eigenvalue weighted by atomic mass is 10.3. The van der Waals surface area contributed by atoms with E-state index in [9.17, 15) is 9.59 Å². The summed E-state index contributed by atoms with van der Waals surface area (Å²) in [7, 11) is 0. The van der Waals surface area contributed by atoms with Crippen LogP contribution in [-0.2, 0) is 14.3 Å². The van der Waals surface area contributed by atoms with Gasteiger partial charge in [-0.05, 0) is 44.5 Å². The van der Waals surface area contributed by atoms with E-state index in [-0.39, 0.29) is 12.3 Å². The lowest BCUT2D eigenvalue weighted by molar-refractivity contribution is -0.154. The highest BCUT2D eigenvalue weighted by molar-refractivity contribution is 9.10. The first-order valence-electron chi connectivity index (χ1n) is 6.88. The number of likely N-dealkylation sites (N-methyl/N-ethyl adjacent to an activating group) is 1. The van der Waals surface area contributed by atoms with E-state index in [1.165, 1.54) is 0 Å². The molecule has 1 amide bonds. The van der Waals surface area contributed by atoms with Gasteiger partial charge in [0.05, 0.1) is 6.61 Å². The summed E-state index contributed by atoms with van der Waals surface area (Å²) in [6.45, 7) is 4.31. The first kappa shape index (κ1) is 17.5. The number of carbonyl (C=O) groups is 2. The van der Waals surface area contributed by atoms with Crippen LogP contribution in [0.2, 0.25) is 0 Å². The standard InChI is InChI=1S/C15H20BrNO4/c1-3-17-15(19)11(2)21-14(18)5-4-10-20-13-8-6-12(16)7-9-13/h6-9,11H,3-5,10H2,1-2H3,(H,17,19)/t11-/m1/s1. The van der Waals surface area contributed by atoms with Crippen LogP contribution >= 0.6 is 15.9 Å². The maximum Gasteiger partial charge on any atom is 0.306 e. The lowest BCUT2D eigenvalue weighted by Crippen LogP contribution is -2.35. The Kier molecular flexibility index (Phi) is 7.82. The second kappa shape index (κ2) is 9.39. The SMILES string of the molecule is CCNC(=O)[C@@H](C)OC(=O)CCCOc1ccc(Br)cc1. The van der Waals surface area contributed by atoms with E-state index in [0.29, 0.717) is 19.6 Å². The Morgan fingerprint density at radius 3 is 2.57 bits per heavy atom. The number of halogens is 1. The van der Waals surface area contributed by atoms with Crippen LogP contribution in [0.25, 0.3) is 0 Å². The first-order chi connectivity index (χ1) is 10.0. The van der Waals surface area contributed by atoms with Crippen molar-refractivity contribution in [1.82, 2.24) is 5.32 Å². The number of ether oxygens (including phenoxy) is 2. The first-order valence-corrected chi connectivity index (χ1v) is 7.67. The van der Waals surface area contributed by atoms with Gasteiger partial charge in [0.25, 0.3) is 5.91 Å². The van der Waals surface area contributed by atoms with Crippen LogP contribution in [0.1, 0.15) is 26.7 Å². The van der Waals surface area contributed by atoms with Gasteiger partial charge in [-0.25, -0.2) is 0 Å². The summed E-state index contributed by atoms with van der Waals surface area (Å²) in [4.78, 5) is 23.0. The predicted octanol–water partition coefficient (Wildman–Crippen LogP) is 2.68. The Morgan fingerprint density at radius 1 is 1.29 bits per heavy atom. The molecule has 0 aliphatic carbocycles. The molecule has 0 saturated carbocycles. The topological polar surface area (TPSA) is 64.6 Å². The molecule has 0 radical (unpaired) electrons. The van der Waals surface area contributed by atoms with Crippen molar-refractivity contribution in [3.05, 3.63) is 28.7 Å². The number of amides is 1. The van der Waals surface area contributed by atoms with E-state index in [1.54, 1.807) is 6.92 Å².